The topological polar surface area (TPSA) is 58.1 Å². The largest absolute Gasteiger partial charge is 0.355 e. The molecule has 0 radical (unpaired) electrons. The van der Waals surface area contributed by atoms with Crippen LogP contribution in [0.15, 0.2) is 66.7 Å². The predicted octanol–water partition coefficient (Wildman–Crippen LogP) is 4.95. The molecule has 1 fully saturated rings. The van der Waals surface area contributed by atoms with E-state index in [9.17, 15) is 4.79 Å². The summed E-state index contributed by atoms with van der Waals surface area (Å²) in [6.45, 7) is 4.41. The number of hydrogen-bond donors (Lipinski definition) is 1. The van der Waals surface area contributed by atoms with Crippen LogP contribution in [-0.2, 0) is 11.2 Å². The molecule has 1 saturated heterocycles. The number of anilines is 2. The van der Waals surface area contributed by atoms with E-state index in [0.29, 0.717) is 6.42 Å². The number of nitrogens with zero attached hydrogens (tertiary/aromatic N) is 3. The second-order valence-electron chi connectivity index (χ2n) is 8.06. The van der Waals surface area contributed by atoms with Crippen LogP contribution in [-0.4, -0.2) is 29.2 Å². The number of benzene rings is 2. The highest BCUT2D eigenvalue weighted by molar-refractivity contribution is 5.91. The highest BCUT2D eigenvalue weighted by Crippen LogP contribution is 2.24. The van der Waals surface area contributed by atoms with E-state index in [1.807, 2.05) is 60.7 Å². The first-order chi connectivity index (χ1) is 14.7. The van der Waals surface area contributed by atoms with E-state index in [-0.39, 0.29) is 5.91 Å². The Labute approximate surface area is 178 Å². The molecule has 154 valence electrons. The number of amides is 1. The molecular formula is C25H28N4O. The van der Waals surface area contributed by atoms with Gasteiger partial charge in [0.15, 0.2) is 5.82 Å². The van der Waals surface area contributed by atoms with Crippen molar-refractivity contribution in [2.75, 3.05) is 23.3 Å². The Hall–Kier alpha value is -3.21. The molecule has 2 aromatic carbocycles. The second kappa shape index (κ2) is 9.53. The van der Waals surface area contributed by atoms with Crippen molar-refractivity contribution in [1.29, 1.82) is 0 Å². The summed E-state index contributed by atoms with van der Waals surface area (Å²) in [4.78, 5) is 14.5. The fourth-order valence-electron chi connectivity index (χ4n) is 3.74. The molecule has 1 N–H and O–H groups in total. The van der Waals surface area contributed by atoms with Crippen LogP contribution in [0.5, 0.6) is 0 Å². The molecule has 5 heteroatoms. The molecule has 0 atom stereocenters. The lowest BCUT2D eigenvalue weighted by Gasteiger charge is -2.30. The standard InChI is InChI=1S/C25H28N4O/c1-19-15-17-29(18-16-19)24-13-12-23(27-28-24)21-8-10-22(11-9-21)26-25(30)14-7-20-5-3-2-4-6-20/h2-6,8-13,19H,7,14-18H2,1H3,(H,26,30). The second-order valence-corrected chi connectivity index (χ2v) is 8.06. The molecule has 0 saturated carbocycles. The molecule has 0 aliphatic carbocycles. The summed E-state index contributed by atoms with van der Waals surface area (Å²) in [6, 6.07) is 21.9. The number of aromatic nitrogens is 2. The molecule has 30 heavy (non-hydrogen) atoms. The molecule has 0 bridgehead atoms. The van der Waals surface area contributed by atoms with Crippen LogP contribution in [0, 0.1) is 5.92 Å². The Kier molecular flexibility index (Phi) is 6.38. The zero-order valence-electron chi connectivity index (χ0n) is 17.4. The maximum absolute atomic E-state index is 12.2. The van der Waals surface area contributed by atoms with Gasteiger partial charge in [-0.1, -0.05) is 49.4 Å². The van der Waals surface area contributed by atoms with Crippen LogP contribution >= 0.6 is 0 Å². The molecule has 0 spiro atoms. The molecule has 3 aromatic rings. The summed E-state index contributed by atoms with van der Waals surface area (Å²) in [5.74, 6) is 1.77. The fourth-order valence-corrected chi connectivity index (χ4v) is 3.74. The van der Waals surface area contributed by atoms with E-state index >= 15 is 0 Å². The highest BCUT2D eigenvalue weighted by Gasteiger charge is 2.17. The van der Waals surface area contributed by atoms with Crippen LogP contribution < -0.4 is 10.2 Å². The number of hydrogen-bond acceptors (Lipinski definition) is 4. The highest BCUT2D eigenvalue weighted by atomic mass is 16.1. The Balaban J connectivity index is 1.32. The first-order valence-corrected chi connectivity index (χ1v) is 10.7. The maximum atomic E-state index is 12.2. The van der Waals surface area contributed by atoms with Crippen LogP contribution in [0.3, 0.4) is 0 Å². The average Bonchev–Trinajstić information content (AvgIpc) is 2.80. The third-order valence-corrected chi connectivity index (χ3v) is 5.71. The Bertz CT molecular complexity index is 947. The first kappa shape index (κ1) is 20.1. The van der Waals surface area contributed by atoms with Crippen molar-refractivity contribution in [1.82, 2.24) is 10.2 Å². The van der Waals surface area contributed by atoms with E-state index in [1.54, 1.807) is 0 Å². The van der Waals surface area contributed by atoms with Crippen LogP contribution in [0.2, 0.25) is 0 Å². The monoisotopic (exact) mass is 400 g/mol. The third kappa shape index (κ3) is 5.23. The Morgan fingerprint density at radius 3 is 2.37 bits per heavy atom. The van der Waals surface area contributed by atoms with E-state index in [0.717, 1.165) is 48.2 Å². The van der Waals surface area contributed by atoms with Gasteiger partial charge in [0.2, 0.25) is 5.91 Å². The van der Waals surface area contributed by atoms with Crippen molar-refractivity contribution in [3.63, 3.8) is 0 Å². The van der Waals surface area contributed by atoms with Gasteiger partial charge in [0, 0.05) is 30.8 Å². The van der Waals surface area contributed by atoms with Gasteiger partial charge >= 0.3 is 0 Å². The van der Waals surface area contributed by atoms with Gasteiger partial charge in [0.25, 0.3) is 0 Å². The average molecular weight is 401 g/mol. The molecular weight excluding hydrogens is 372 g/mol. The number of carbonyl (C=O) groups is 1. The van der Waals surface area contributed by atoms with Gasteiger partial charge in [0.05, 0.1) is 5.69 Å². The van der Waals surface area contributed by atoms with Gasteiger partial charge in [-0.3, -0.25) is 4.79 Å². The molecule has 5 nitrogen and oxygen atoms in total. The van der Waals surface area contributed by atoms with Crippen molar-refractivity contribution in [3.8, 4) is 11.3 Å². The number of nitrogens with one attached hydrogen (secondary N) is 1. The van der Waals surface area contributed by atoms with Gasteiger partial charge in [-0.2, -0.15) is 0 Å². The Morgan fingerprint density at radius 2 is 1.70 bits per heavy atom. The summed E-state index contributed by atoms with van der Waals surface area (Å²) in [5, 5.41) is 11.8. The Morgan fingerprint density at radius 1 is 0.967 bits per heavy atom. The minimum Gasteiger partial charge on any atom is -0.355 e. The minimum atomic E-state index is 0.0200. The summed E-state index contributed by atoms with van der Waals surface area (Å²) in [6.07, 6.45) is 3.63. The van der Waals surface area contributed by atoms with E-state index in [2.05, 4.69) is 33.4 Å². The van der Waals surface area contributed by atoms with E-state index in [4.69, 9.17) is 0 Å². The maximum Gasteiger partial charge on any atom is 0.224 e. The zero-order chi connectivity index (χ0) is 20.8. The normalized spacial score (nSPS) is 14.5. The number of rotatable bonds is 6. The molecule has 1 aliphatic heterocycles. The van der Waals surface area contributed by atoms with E-state index < -0.39 is 0 Å². The summed E-state index contributed by atoms with van der Waals surface area (Å²) in [7, 11) is 0. The van der Waals surface area contributed by atoms with Crippen molar-refractivity contribution < 1.29 is 4.79 Å². The van der Waals surface area contributed by atoms with Crippen molar-refractivity contribution in [2.45, 2.75) is 32.6 Å². The summed E-state index contributed by atoms with van der Waals surface area (Å²) >= 11 is 0. The van der Waals surface area contributed by atoms with Crippen molar-refractivity contribution >= 4 is 17.4 Å². The van der Waals surface area contributed by atoms with Crippen LogP contribution in [0.4, 0.5) is 11.5 Å². The van der Waals surface area contributed by atoms with Crippen molar-refractivity contribution in [2.24, 2.45) is 5.92 Å². The van der Waals surface area contributed by atoms with Crippen LogP contribution in [0.1, 0.15) is 31.7 Å². The SMILES string of the molecule is CC1CCN(c2ccc(-c3ccc(NC(=O)CCc4ccccc4)cc3)nn2)CC1. The lowest BCUT2D eigenvalue weighted by molar-refractivity contribution is -0.116. The molecule has 2 heterocycles. The quantitative estimate of drug-likeness (QED) is 0.636. The predicted molar refractivity (Wildman–Crippen MR) is 121 cm³/mol. The molecule has 0 unspecified atom stereocenters. The lowest BCUT2D eigenvalue weighted by atomic mass is 9.99. The third-order valence-electron chi connectivity index (χ3n) is 5.71. The van der Waals surface area contributed by atoms with Gasteiger partial charge < -0.3 is 10.2 Å². The minimum absolute atomic E-state index is 0.0200. The van der Waals surface area contributed by atoms with E-state index in [1.165, 1.54) is 18.4 Å². The van der Waals surface area contributed by atoms with Gasteiger partial charge in [-0.25, -0.2) is 0 Å². The van der Waals surface area contributed by atoms with Gasteiger partial charge in [-0.15, -0.1) is 10.2 Å². The zero-order valence-corrected chi connectivity index (χ0v) is 17.4. The smallest absolute Gasteiger partial charge is 0.224 e. The van der Waals surface area contributed by atoms with Gasteiger partial charge in [0.1, 0.15) is 0 Å². The van der Waals surface area contributed by atoms with Gasteiger partial charge in [-0.05, 0) is 55.0 Å². The number of carbonyl (C=O) groups excluding carboxylic acids is 1. The molecule has 1 aliphatic rings. The number of aryl methyl sites for hydroxylation is 1. The van der Waals surface area contributed by atoms with Crippen LogP contribution in [0.25, 0.3) is 11.3 Å². The van der Waals surface area contributed by atoms with Crippen molar-refractivity contribution in [3.05, 3.63) is 72.3 Å². The fraction of sp³-hybridized carbons (Fsp3) is 0.320. The lowest BCUT2D eigenvalue weighted by Crippen LogP contribution is -2.33. The molecule has 1 amide bonds. The summed E-state index contributed by atoms with van der Waals surface area (Å²) in [5.41, 5.74) is 3.79. The molecule has 1 aromatic heterocycles. The summed E-state index contributed by atoms with van der Waals surface area (Å²) < 4.78 is 0. The first-order valence-electron chi connectivity index (χ1n) is 10.7. The molecule has 4 rings (SSSR count). The number of piperidine rings is 1.